The number of anilines is 2. The number of nitrogens with two attached hydrogens (primary N) is 1. The Labute approximate surface area is 202 Å². The van der Waals surface area contributed by atoms with E-state index in [1.807, 2.05) is 0 Å². The number of carbonyl (C=O) groups excluding carboxylic acids is 1. The summed E-state index contributed by atoms with van der Waals surface area (Å²) in [6, 6.07) is 8.82. The monoisotopic (exact) mass is 502 g/mol. The molecule has 2 aromatic carbocycles. The van der Waals surface area contributed by atoms with Crippen molar-refractivity contribution in [2.24, 2.45) is 0 Å². The minimum absolute atomic E-state index is 0.00256. The molecule has 1 atom stereocenters. The van der Waals surface area contributed by atoms with E-state index in [4.69, 9.17) is 38.8 Å². The number of hydrogen-bond donors (Lipinski definition) is 3. The van der Waals surface area contributed by atoms with Crippen LogP contribution in [0.5, 0.6) is 5.75 Å². The van der Waals surface area contributed by atoms with Crippen LogP contribution in [0.2, 0.25) is 10.0 Å². The zero-order valence-electron chi connectivity index (χ0n) is 17.1. The van der Waals surface area contributed by atoms with Crippen molar-refractivity contribution in [3.05, 3.63) is 87.2 Å². The van der Waals surface area contributed by atoms with Gasteiger partial charge in [0.1, 0.15) is 0 Å². The number of aromatic nitrogens is 2. The Kier molecular flexibility index (Phi) is 7.59. The van der Waals surface area contributed by atoms with E-state index in [0.717, 1.165) is 12.1 Å². The molecule has 1 aromatic heterocycles. The number of carboxylic acid groups (broad SMARTS) is 1. The molecule has 172 valence electrons. The molecule has 1 amide bonds. The molecule has 0 radical (unpaired) electrons. The van der Waals surface area contributed by atoms with Gasteiger partial charge in [0, 0.05) is 0 Å². The molecule has 3 rings (SSSR count). The fourth-order valence-corrected chi connectivity index (χ4v) is 3.34. The van der Waals surface area contributed by atoms with E-state index >= 15 is 0 Å². The van der Waals surface area contributed by atoms with Gasteiger partial charge in [-0.1, -0.05) is 0 Å². The number of halogens is 3. The van der Waals surface area contributed by atoms with Crippen molar-refractivity contribution >= 4 is 53.7 Å². The first kappa shape index (κ1) is 24.8. The number of nitrogen functional groups attached to an aromatic ring is 1. The van der Waals surface area contributed by atoms with Gasteiger partial charge in [0.2, 0.25) is 0 Å². The Morgan fingerprint density at radius 3 is 2.47 bits per heavy atom. The fourth-order valence-electron chi connectivity index (χ4n) is 2.77. The summed E-state index contributed by atoms with van der Waals surface area (Å²) in [5.41, 5.74) is 5.70. The van der Waals surface area contributed by atoms with Gasteiger partial charge in [-0.25, -0.2) is 4.79 Å². The van der Waals surface area contributed by atoms with Crippen LogP contribution < -0.4 is 15.8 Å². The van der Waals surface area contributed by atoms with Gasteiger partial charge in [0.25, 0.3) is 0 Å². The van der Waals surface area contributed by atoms with Crippen LogP contribution in [0.4, 0.5) is 15.9 Å². The standard InChI is InChI=1S/C21H14BCl2FN4O5/c1-9(22-33)18(16-12(23)6-7-13(25)17(16)24)34-15-8-14(28-29-19(15)26)20(30)27-11-4-2-10(3-5-11)21(31)32/h2-8,18H,1H2,(H2,26,29)(H,27,30)(H,31,32). The second kappa shape index (κ2) is 10.4. The van der Waals surface area contributed by atoms with E-state index in [2.05, 4.69) is 22.1 Å². The van der Waals surface area contributed by atoms with Crippen LogP contribution in [0.15, 0.2) is 54.5 Å². The second-order valence-electron chi connectivity index (χ2n) is 6.76. The third-order valence-electron chi connectivity index (χ3n) is 4.48. The van der Waals surface area contributed by atoms with Crippen molar-refractivity contribution in [3.63, 3.8) is 0 Å². The number of amides is 1. The van der Waals surface area contributed by atoms with Gasteiger partial charge in [0.05, 0.1) is 0 Å². The molecule has 0 saturated carbocycles. The van der Waals surface area contributed by atoms with Crippen LogP contribution in [0.3, 0.4) is 0 Å². The Bertz CT molecular complexity index is 1310. The quantitative estimate of drug-likeness (QED) is 0.308. The number of nitrogens with zero attached hydrogens (tertiary/aromatic N) is 2. The van der Waals surface area contributed by atoms with E-state index in [0.29, 0.717) is 12.8 Å². The molecule has 3 aromatic rings. The average Bonchev–Trinajstić information content (AvgIpc) is 2.82. The zero-order chi connectivity index (χ0) is 25.0. The first-order valence-corrected chi connectivity index (χ1v) is 10.1. The first-order chi connectivity index (χ1) is 16.1. The summed E-state index contributed by atoms with van der Waals surface area (Å²) in [6.07, 6.45) is -1.35. The number of hydrogen-bond acceptors (Lipinski definition) is 7. The Hall–Kier alpha value is -3.83. The number of carboxylic acids is 1. The number of nitrogens with one attached hydrogen (secondary N) is 1. The maximum atomic E-state index is 14.1. The predicted molar refractivity (Wildman–Crippen MR) is 123 cm³/mol. The van der Waals surface area contributed by atoms with Crippen LogP contribution in [0.25, 0.3) is 0 Å². The van der Waals surface area contributed by atoms with Gasteiger partial charge in [-0.15, -0.1) is 0 Å². The molecule has 0 spiro atoms. The van der Waals surface area contributed by atoms with E-state index < -0.39 is 23.8 Å². The topological polar surface area (TPSA) is 144 Å². The van der Waals surface area contributed by atoms with Crippen LogP contribution in [-0.2, 0) is 4.70 Å². The molecule has 0 aliphatic heterocycles. The van der Waals surface area contributed by atoms with Gasteiger partial charge < -0.3 is 5.11 Å². The van der Waals surface area contributed by atoms with Gasteiger partial charge in [0.15, 0.2) is 0 Å². The summed E-state index contributed by atoms with van der Waals surface area (Å²) in [7, 11) is 0.376. The number of rotatable bonds is 8. The normalized spacial score (nSPS) is 11.3. The zero-order valence-corrected chi connectivity index (χ0v) is 18.6. The Morgan fingerprint density at radius 1 is 1.18 bits per heavy atom. The molecule has 1 unspecified atom stereocenters. The molecular formula is C21H14BCl2FN4O5. The molecule has 1 heterocycles. The Morgan fingerprint density at radius 2 is 1.85 bits per heavy atom. The number of benzene rings is 2. The van der Waals surface area contributed by atoms with Gasteiger partial charge in [-0.2, -0.15) is 0 Å². The molecule has 0 fully saturated rings. The summed E-state index contributed by atoms with van der Waals surface area (Å²) >= 11 is 12.2. The molecular weight excluding hydrogens is 489 g/mol. The molecule has 0 saturated heterocycles. The number of ether oxygens (including phenoxy) is 1. The summed E-state index contributed by atoms with van der Waals surface area (Å²) in [5.74, 6) is -3.05. The van der Waals surface area contributed by atoms with Crippen LogP contribution >= 0.6 is 23.2 Å². The fraction of sp³-hybridized carbons (Fsp3) is 0.0476. The molecule has 34 heavy (non-hydrogen) atoms. The molecule has 13 heteroatoms. The van der Waals surface area contributed by atoms with Crippen molar-refractivity contribution in [1.82, 2.24) is 10.2 Å². The third kappa shape index (κ3) is 5.38. The molecule has 4 N–H and O–H groups in total. The summed E-state index contributed by atoms with van der Waals surface area (Å²) in [6.45, 7) is 3.59. The van der Waals surface area contributed by atoms with E-state index in [1.165, 1.54) is 30.3 Å². The summed E-state index contributed by atoms with van der Waals surface area (Å²) < 4.78 is 31.2. The summed E-state index contributed by atoms with van der Waals surface area (Å²) in [5, 5.41) is 18.5. The van der Waals surface area contributed by atoms with Crippen molar-refractivity contribution < 1.29 is 28.5 Å². The SMILES string of the molecule is C=C(B=O)C(Oc1cc(C(=O)Nc2ccc(C(=O)O)cc2)nnc1N)c1c(Cl)ccc(F)c1Cl. The number of aromatic carboxylic acids is 1. The van der Waals surface area contributed by atoms with Crippen molar-refractivity contribution in [3.8, 4) is 5.75 Å². The van der Waals surface area contributed by atoms with Crippen molar-refractivity contribution in [1.29, 1.82) is 0 Å². The maximum absolute atomic E-state index is 14.1. The van der Waals surface area contributed by atoms with Gasteiger partial charge >= 0.3 is 193 Å². The van der Waals surface area contributed by atoms with Gasteiger partial charge in [-0.05, 0) is 0 Å². The van der Waals surface area contributed by atoms with E-state index in [1.54, 1.807) is 0 Å². The van der Waals surface area contributed by atoms with Crippen molar-refractivity contribution in [2.75, 3.05) is 11.1 Å². The molecule has 0 bridgehead atoms. The van der Waals surface area contributed by atoms with Crippen LogP contribution in [-0.4, -0.2) is 34.3 Å². The predicted octanol–water partition coefficient (Wildman–Crippen LogP) is 4.14. The molecule has 0 aliphatic carbocycles. The van der Waals surface area contributed by atoms with E-state index in [9.17, 15) is 18.7 Å². The van der Waals surface area contributed by atoms with Crippen LogP contribution in [0, 0.1) is 5.82 Å². The minimum atomic E-state index is -1.35. The van der Waals surface area contributed by atoms with Gasteiger partial charge in [-0.3, -0.25) is 0 Å². The second-order valence-corrected chi connectivity index (χ2v) is 7.55. The number of carbonyl (C=O) groups is 2. The molecule has 9 nitrogen and oxygen atoms in total. The summed E-state index contributed by atoms with van der Waals surface area (Å²) in [4.78, 5) is 23.6. The third-order valence-corrected chi connectivity index (χ3v) is 5.20. The average molecular weight is 503 g/mol. The van der Waals surface area contributed by atoms with E-state index in [-0.39, 0.29) is 43.9 Å². The first-order valence-electron chi connectivity index (χ1n) is 9.34. The van der Waals surface area contributed by atoms with Crippen LogP contribution in [0.1, 0.15) is 32.5 Å². The van der Waals surface area contributed by atoms with Crippen molar-refractivity contribution in [2.45, 2.75) is 6.10 Å². The molecule has 0 aliphatic rings. The Balaban J connectivity index is 1.92.